The first-order valence-electron chi connectivity index (χ1n) is 9.00. The number of hydrogen-bond acceptors (Lipinski definition) is 2. The van der Waals surface area contributed by atoms with Gasteiger partial charge in [-0.25, -0.2) is 4.79 Å². The summed E-state index contributed by atoms with van der Waals surface area (Å²) >= 11 is 0. The standard InChI is InChI=1S/C17H33N3O/c1-2-12-20(17(15-18)10-6-5-7-11-17)16(21)19-13-8-3-4-9-14-19/h2-15,18H2,1H3. The van der Waals surface area contributed by atoms with E-state index in [4.69, 9.17) is 5.73 Å². The van der Waals surface area contributed by atoms with Crippen molar-refractivity contribution in [3.63, 3.8) is 0 Å². The second kappa shape index (κ2) is 8.02. The highest BCUT2D eigenvalue weighted by Gasteiger charge is 2.40. The van der Waals surface area contributed by atoms with Gasteiger partial charge in [0.1, 0.15) is 0 Å². The van der Waals surface area contributed by atoms with E-state index < -0.39 is 0 Å². The zero-order valence-corrected chi connectivity index (χ0v) is 13.8. The van der Waals surface area contributed by atoms with Crippen molar-refractivity contribution in [2.45, 2.75) is 76.7 Å². The maximum atomic E-state index is 13.1. The molecule has 2 fully saturated rings. The monoisotopic (exact) mass is 295 g/mol. The number of carbonyl (C=O) groups is 1. The molecule has 2 amide bonds. The number of carbonyl (C=O) groups excluding carboxylic acids is 1. The van der Waals surface area contributed by atoms with Crippen molar-refractivity contribution in [2.75, 3.05) is 26.2 Å². The van der Waals surface area contributed by atoms with Gasteiger partial charge >= 0.3 is 6.03 Å². The van der Waals surface area contributed by atoms with Crippen molar-refractivity contribution in [1.82, 2.24) is 9.80 Å². The molecule has 0 unspecified atom stereocenters. The van der Waals surface area contributed by atoms with Gasteiger partial charge in [0.25, 0.3) is 0 Å². The minimum absolute atomic E-state index is 0.0718. The highest BCUT2D eigenvalue weighted by Crippen LogP contribution is 2.34. The van der Waals surface area contributed by atoms with Gasteiger partial charge in [-0.15, -0.1) is 0 Å². The van der Waals surface area contributed by atoms with E-state index in [1.54, 1.807) is 0 Å². The molecule has 1 saturated carbocycles. The van der Waals surface area contributed by atoms with Crippen LogP contribution in [0.2, 0.25) is 0 Å². The molecule has 1 heterocycles. The Hall–Kier alpha value is -0.770. The predicted octanol–water partition coefficient (Wildman–Crippen LogP) is 3.36. The first kappa shape index (κ1) is 16.6. The van der Waals surface area contributed by atoms with E-state index >= 15 is 0 Å². The molecule has 2 rings (SSSR count). The Balaban J connectivity index is 2.13. The lowest BCUT2D eigenvalue weighted by atomic mass is 9.80. The third kappa shape index (κ3) is 3.91. The summed E-state index contributed by atoms with van der Waals surface area (Å²) in [6.45, 7) is 5.49. The number of rotatable bonds is 4. The quantitative estimate of drug-likeness (QED) is 0.864. The SMILES string of the molecule is CCCN(C(=O)N1CCCCCC1)C1(CN)CCCCC1. The van der Waals surface area contributed by atoms with Crippen molar-refractivity contribution in [2.24, 2.45) is 5.73 Å². The van der Waals surface area contributed by atoms with E-state index in [1.165, 1.54) is 32.1 Å². The summed E-state index contributed by atoms with van der Waals surface area (Å²) < 4.78 is 0. The molecule has 1 saturated heterocycles. The van der Waals surface area contributed by atoms with Crippen LogP contribution >= 0.6 is 0 Å². The maximum absolute atomic E-state index is 13.1. The molecule has 4 nitrogen and oxygen atoms in total. The largest absolute Gasteiger partial charge is 0.328 e. The molecule has 2 N–H and O–H groups in total. The summed E-state index contributed by atoms with van der Waals surface area (Å²) in [6.07, 6.45) is 11.7. The van der Waals surface area contributed by atoms with Gasteiger partial charge < -0.3 is 15.5 Å². The first-order chi connectivity index (χ1) is 10.2. The van der Waals surface area contributed by atoms with E-state index in [0.29, 0.717) is 6.54 Å². The van der Waals surface area contributed by atoms with E-state index in [-0.39, 0.29) is 11.6 Å². The Labute approximate surface area is 130 Å². The third-order valence-electron chi connectivity index (χ3n) is 5.29. The summed E-state index contributed by atoms with van der Waals surface area (Å²) in [5, 5.41) is 0. The Kier molecular flexibility index (Phi) is 6.34. The lowest BCUT2D eigenvalue weighted by Crippen LogP contribution is -2.60. The van der Waals surface area contributed by atoms with Gasteiger partial charge in [-0.05, 0) is 32.1 Å². The van der Waals surface area contributed by atoms with Crippen LogP contribution in [0.5, 0.6) is 0 Å². The molecule has 21 heavy (non-hydrogen) atoms. The van der Waals surface area contributed by atoms with Crippen molar-refractivity contribution in [3.05, 3.63) is 0 Å². The zero-order chi connectivity index (χ0) is 15.1. The first-order valence-corrected chi connectivity index (χ1v) is 9.00. The van der Waals surface area contributed by atoms with Crippen molar-refractivity contribution in [3.8, 4) is 0 Å². The average molecular weight is 295 g/mol. The Morgan fingerprint density at radius 3 is 2.14 bits per heavy atom. The third-order valence-corrected chi connectivity index (χ3v) is 5.29. The lowest BCUT2D eigenvalue weighted by molar-refractivity contribution is 0.0623. The Morgan fingerprint density at radius 2 is 1.62 bits per heavy atom. The molecule has 4 heteroatoms. The second-order valence-corrected chi connectivity index (χ2v) is 6.82. The van der Waals surface area contributed by atoms with Crippen LogP contribution in [-0.2, 0) is 0 Å². The summed E-state index contributed by atoms with van der Waals surface area (Å²) in [4.78, 5) is 17.3. The molecule has 0 spiro atoms. The summed E-state index contributed by atoms with van der Waals surface area (Å²) in [5.74, 6) is 0. The van der Waals surface area contributed by atoms with Gasteiger partial charge in [-0.3, -0.25) is 0 Å². The van der Waals surface area contributed by atoms with Gasteiger partial charge in [-0.1, -0.05) is 39.0 Å². The van der Waals surface area contributed by atoms with Gasteiger partial charge in [0, 0.05) is 26.2 Å². The normalized spacial score (nSPS) is 22.7. The molecule has 0 aromatic carbocycles. The van der Waals surface area contributed by atoms with Crippen LogP contribution in [0.15, 0.2) is 0 Å². The number of amides is 2. The Morgan fingerprint density at radius 1 is 1.05 bits per heavy atom. The number of urea groups is 1. The zero-order valence-electron chi connectivity index (χ0n) is 13.8. The molecule has 0 aromatic rings. The lowest BCUT2D eigenvalue weighted by Gasteiger charge is -2.47. The summed E-state index contributed by atoms with van der Waals surface area (Å²) in [6, 6.07) is 0.256. The van der Waals surface area contributed by atoms with Crippen LogP contribution in [0, 0.1) is 0 Å². The number of nitrogens with zero attached hydrogens (tertiary/aromatic N) is 2. The molecule has 1 aliphatic heterocycles. The minimum atomic E-state index is -0.0718. The van der Waals surface area contributed by atoms with E-state index in [2.05, 4.69) is 16.7 Å². The maximum Gasteiger partial charge on any atom is 0.320 e. The summed E-state index contributed by atoms with van der Waals surface area (Å²) in [7, 11) is 0. The molecule has 2 aliphatic rings. The van der Waals surface area contributed by atoms with Crippen molar-refractivity contribution in [1.29, 1.82) is 0 Å². The van der Waals surface area contributed by atoms with Gasteiger partial charge in [0.15, 0.2) is 0 Å². The highest BCUT2D eigenvalue weighted by molar-refractivity contribution is 5.75. The molecule has 0 atom stereocenters. The highest BCUT2D eigenvalue weighted by atomic mass is 16.2. The predicted molar refractivity (Wildman–Crippen MR) is 87.3 cm³/mol. The van der Waals surface area contributed by atoms with Crippen LogP contribution in [0.3, 0.4) is 0 Å². The van der Waals surface area contributed by atoms with Crippen LogP contribution in [0.4, 0.5) is 4.79 Å². The molecule has 1 aliphatic carbocycles. The van der Waals surface area contributed by atoms with Crippen molar-refractivity contribution >= 4 is 6.03 Å². The van der Waals surface area contributed by atoms with Crippen LogP contribution < -0.4 is 5.73 Å². The van der Waals surface area contributed by atoms with E-state index in [1.807, 2.05) is 0 Å². The second-order valence-electron chi connectivity index (χ2n) is 6.82. The Bertz CT molecular complexity index is 318. The number of hydrogen-bond donors (Lipinski definition) is 1. The number of nitrogens with two attached hydrogens (primary N) is 1. The fourth-order valence-corrected chi connectivity index (χ4v) is 3.99. The number of likely N-dealkylation sites (tertiary alicyclic amines) is 1. The topological polar surface area (TPSA) is 49.6 Å². The van der Waals surface area contributed by atoms with Gasteiger partial charge in [-0.2, -0.15) is 0 Å². The fourth-order valence-electron chi connectivity index (χ4n) is 3.99. The van der Waals surface area contributed by atoms with Gasteiger partial charge in [0.05, 0.1) is 5.54 Å². The van der Waals surface area contributed by atoms with Gasteiger partial charge in [0.2, 0.25) is 0 Å². The van der Waals surface area contributed by atoms with Crippen LogP contribution in [-0.4, -0.2) is 47.5 Å². The van der Waals surface area contributed by atoms with Crippen LogP contribution in [0.1, 0.15) is 71.1 Å². The van der Waals surface area contributed by atoms with Crippen LogP contribution in [0.25, 0.3) is 0 Å². The fraction of sp³-hybridized carbons (Fsp3) is 0.941. The molecule has 122 valence electrons. The van der Waals surface area contributed by atoms with Crippen molar-refractivity contribution < 1.29 is 4.79 Å². The molecule has 0 aromatic heterocycles. The van der Waals surface area contributed by atoms with E-state index in [9.17, 15) is 4.79 Å². The minimum Gasteiger partial charge on any atom is -0.328 e. The van der Waals surface area contributed by atoms with E-state index in [0.717, 1.165) is 51.7 Å². The molecule has 0 radical (unpaired) electrons. The molecular weight excluding hydrogens is 262 g/mol. The summed E-state index contributed by atoms with van der Waals surface area (Å²) in [5.41, 5.74) is 6.08. The molecule has 0 bridgehead atoms. The smallest absolute Gasteiger partial charge is 0.320 e. The molecular formula is C17H33N3O. The average Bonchev–Trinajstić information content (AvgIpc) is 2.82.